The van der Waals surface area contributed by atoms with E-state index < -0.39 is 0 Å². The summed E-state index contributed by atoms with van der Waals surface area (Å²) in [6.45, 7) is 0. The first-order valence-corrected chi connectivity index (χ1v) is 5.68. The van der Waals surface area contributed by atoms with Crippen LogP contribution < -0.4 is 26.5 Å². The van der Waals surface area contributed by atoms with Crippen molar-refractivity contribution in [2.24, 2.45) is 5.84 Å². The van der Waals surface area contributed by atoms with Gasteiger partial charge < -0.3 is 15.2 Å². The number of methoxy groups -OCH3 is 2. The second-order valence-electron chi connectivity index (χ2n) is 3.91. The van der Waals surface area contributed by atoms with Crippen molar-refractivity contribution in [3.05, 3.63) is 35.5 Å². The van der Waals surface area contributed by atoms with Crippen molar-refractivity contribution < 1.29 is 9.47 Å². The molecule has 1 aromatic carbocycles. The van der Waals surface area contributed by atoms with Gasteiger partial charge in [0.05, 0.1) is 32.0 Å². The molecule has 0 aliphatic heterocycles. The third kappa shape index (κ3) is 2.33. The van der Waals surface area contributed by atoms with E-state index in [2.05, 4.69) is 15.6 Å². The Morgan fingerprint density at radius 1 is 1.26 bits per heavy atom. The Bertz CT molecular complexity index is 533. The number of aromatic amines is 1. The first-order valence-electron chi connectivity index (χ1n) is 5.68. The lowest BCUT2D eigenvalue weighted by Crippen LogP contribution is -2.29. The number of nitrogens with one attached hydrogen (secondary N) is 2. The summed E-state index contributed by atoms with van der Waals surface area (Å²) in [4.78, 5) is 0. The van der Waals surface area contributed by atoms with Crippen LogP contribution in [0.4, 0.5) is 5.82 Å². The summed E-state index contributed by atoms with van der Waals surface area (Å²) in [6.07, 6.45) is 1.62. The zero-order chi connectivity index (χ0) is 13.8. The van der Waals surface area contributed by atoms with Crippen LogP contribution in [0, 0.1) is 0 Å². The number of ether oxygens (including phenoxy) is 2. The Hall–Kier alpha value is -2.25. The Morgan fingerprint density at radius 3 is 2.32 bits per heavy atom. The average Bonchev–Trinajstić information content (AvgIpc) is 2.86. The minimum Gasteiger partial charge on any atom is -0.496 e. The molecule has 6 N–H and O–H groups in total. The van der Waals surface area contributed by atoms with Crippen LogP contribution in [0.1, 0.15) is 17.2 Å². The molecule has 0 spiro atoms. The summed E-state index contributed by atoms with van der Waals surface area (Å²) < 4.78 is 10.7. The van der Waals surface area contributed by atoms with Crippen LogP contribution in [0.15, 0.2) is 24.4 Å². The molecule has 19 heavy (non-hydrogen) atoms. The molecule has 2 aromatic rings. The number of nitrogens with two attached hydrogens (primary N) is 2. The van der Waals surface area contributed by atoms with Crippen LogP contribution in [-0.4, -0.2) is 24.4 Å². The van der Waals surface area contributed by atoms with E-state index in [1.54, 1.807) is 20.4 Å². The van der Waals surface area contributed by atoms with Gasteiger partial charge >= 0.3 is 0 Å². The van der Waals surface area contributed by atoms with Gasteiger partial charge in [-0.1, -0.05) is 6.07 Å². The van der Waals surface area contributed by atoms with Crippen LogP contribution in [-0.2, 0) is 0 Å². The van der Waals surface area contributed by atoms with Gasteiger partial charge in [-0.25, -0.2) is 5.43 Å². The molecule has 7 nitrogen and oxygen atoms in total. The van der Waals surface area contributed by atoms with E-state index in [1.807, 2.05) is 18.2 Å². The second-order valence-corrected chi connectivity index (χ2v) is 3.91. The summed E-state index contributed by atoms with van der Waals surface area (Å²) in [5.74, 6) is 7.41. The number of H-pyrrole nitrogens is 1. The highest BCUT2D eigenvalue weighted by Crippen LogP contribution is 2.37. The van der Waals surface area contributed by atoms with Gasteiger partial charge in [-0.3, -0.25) is 10.9 Å². The zero-order valence-electron chi connectivity index (χ0n) is 10.8. The van der Waals surface area contributed by atoms with Crippen molar-refractivity contribution in [3.8, 4) is 11.5 Å². The molecule has 0 saturated carbocycles. The zero-order valence-corrected chi connectivity index (χ0v) is 10.8. The minimum atomic E-state index is -0.384. The third-order valence-corrected chi connectivity index (χ3v) is 2.93. The van der Waals surface area contributed by atoms with Gasteiger partial charge in [0, 0.05) is 5.56 Å². The van der Waals surface area contributed by atoms with E-state index in [9.17, 15) is 0 Å². The summed E-state index contributed by atoms with van der Waals surface area (Å²) in [6, 6.07) is 5.12. The molecular weight excluding hydrogens is 246 g/mol. The van der Waals surface area contributed by atoms with Crippen LogP contribution in [0.25, 0.3) is 0 Å². The largest absolute Gasteiger partial charge is 0.496 e. The summed E-state index contributed by atoms with van der Waals surface area (Å²) in [7, 11) is 3.18. The van der Waals surface area contributed by atoms with Crippen LogP contribution in [0.3, 0.4) is 0 Å². The van der Waals surface area contributed by atoms with Crippen molar-refractivity contribution in [1.82, 2.24) is 15.6 Å². The molecule has 1 aromatic heterocycles. The van der Waals surface area contributed by atoms with Crippen molar-refractivity contribution in [3.63, 3.8) is 0 Å². The lowest BCUT2D eigenvalue weighted by atomic mass is 9.99. The lowest BCUT2D eigenvalue weighted by Gasteiger charge is -2.21. The molecule has 1 atom stereocenters. The van der Waals surface area contributed by atoms with Crippen LogP contribution in [0.2, 0.25) is 0 Å². The number of rotatable bonds is 5. The quantitative estimate of drug-likeness (QED) is 0.463. The van der Waals surface area contributed by atoms with Crippen LogP contribution in [0.5, 0.6) is 11.5 Å². The van der Waals surface area contributed by atoms with Crippen molar-refractivity contribution in [2.45, 2.75) is 6.04 Å². The molecule has 1 heterocycles. The molecule has 0 fully saturated rings. The van der Waals surface area contributed by atoms with E-state index in [4.69, 9.17) is 21.1 Å². The molecule has 0 saturated heterocycles. The van der Waals surface area contributed by atoms with Crippen LogP contribution >= 0.6 is 0 Å². The van der Waals surface area contributed by atoms with Gasteiger partial charge in [-0.15, -0.1) is 0 Å². The Kier molecular flexibility index (Phi) is 3.88. The lowest BCUT2D eigenvalue weighted by molar-refractivity contribution is 0.377. The van der Waals surface area contributed by atoms with E-state index >= 15 is 0 Å². The maximum Gasteiger partial charge on any atom is 0.127 e. The number of benzene rings is 1. The standard InChI is InChI=1S/C12H17N5O2/c1-18-8-4-3-5-9(19-2)10(8)11(16-14)7-6-15-17-12(7)13/h3-6,11,16H,14H2,1-2H3,(H3,13,15,17). The van der Waals surface area contributed by atoms with Gasteiger partial charge in [0.2, 0.25) is 0 Å². The molecule has 0 amide bonds. The fourth-order valence-corrected chi connectivity index (χ4v) is 2.03. The number of hydrogen-bond donors (Lipinski definition) is 4. The highest BCUT2D eigenvalue weighted by Gasteiger charge is 2.24. The van der Waals surface area contributed by atoms with Gasteiger partial charge in [-0.2, -0.15) is 5.10 Å². The van der Waals surface area contributed by atoms with Crippen molar-refractivity contribution in [2.75, 3.05) is 20.0 Å². The first kappa shape index (κ1) is 13.2. The first-order chi connectivity index (χ1) is 9.22. The van der Waals surface area contributed by atoms with Gasteiger partial charge in [0.1, 0.15) is 17.3 Å². The molecule has 7 heteroatoms. The second kappa shape index (κ2) is 5.59. The topological polar surface area (TPSA) is 111 Å². The fourth-order valence-electron chi connectivity index (χ4n) is 2.03. The number of hydrogen-bond acceptors (Lipinski definition) is 6. The van der Waals surface area contributed by atoms with Crippen molar-refractivity contribution >= 4 is 5.82 Å². The number of hydrazine groups is 1. The number of anilines is 1. The molecule has 1 unspecified atom stereocenters. The summed E-state index contributed by atoms with van der Waals surface area (Å²) in [5.41, 5.74) is 10.0. The van der Waals surface area contributed by atoms with E-state index in [1.165, 1.54) is 0 Å². The Labute approximate surface area is 110 Å². The van der Waals surface area contributed by atoms with Gasteiger partial charge in [0.15, 0.2) is 0 Å². The maximum atomic E-state index is 5.84. The molecule has 0 aliphatic rings. The smallest absolute Gasteiger partial charge is 0.127 e. The molecule has 2 rings (SSSR count). The monoisotopic (exact) mass is 263 g/mol. The molecule has 0 aliphatic carbocycles. The Balaban J connectivity index is 2.57. The Morgan fingerprint density at radius 2 is 1.89 bits per heavy atom. The number of aromatic nitrogens is 2. The SMILES string of the molecule is COc1cccc(OC)c1C(NN)c1cn[nH]c1N. The average molecular weight is 263 g/mol. The predicted octanol–water partition coefficient (Wildman–Crippen LogP) is 0.562. The summed E-state index contributed by atoms with van der Waals surface area (Å²) in [5, 5.41) is 6.58. The maximum absolute atomic E-state index is 5.84. The fraction of sp³-hybridized carbons (Fsp3) is 0.250. The third-order valence-electron chi connectivity index (χ3n) is 2.93. The minimum absolute atomic E-state index is 0.384. The van der Waals surface area contributed by atoms with E-state index in [0.29, 0.717) is 17.3 Å². The summed E-state index contributed by atoms with van der Waals surface area (Å²) >= 11 is 0. The highest BCUT2D eigenvalue weighted by atomic mass is 16.5. The predicted molar refractivity (Wildman–Crippen MR) is 71.7 cm³/mol. The number of nitrogens with zero attached hydrogens (tertiary/aromatic N) is 1. The van der Waals surface area contributed by atoms with Crippen molar-refractivity contribution in [1.29, 1.82) is 0 Å². The van der Waals surface area contributed by atoms with Gasteiger partial charge in [-0.05, 0) is 12.1 Å². The highest BCUT2D eigenvalue weighted by molar-refractivity contribution is 5.54. The van der Waals surface area contributed by atoms with E-state index in [0.717, 1.165) is 11.1 Å². The van der Waals surface area contributed by atoms with Gasteiger partial charge in [0.25, 0.3) is 0 Å². The number of nitrogen functional groups attached to an aromatic ring is 1. The molecule has 0 bridgehead atoms. The molecule has 102 valence electrons. The normalized spacial score (nSPS) is 12.2. The molecular formula is C12H17N5O2. The molecule has 0 radical (unpaired) electrons. The van der Waals surface area contributed by atoms with E-state index in [-0.39, 0.29) is 6.04 Å².